The summed E-state index contributed by atoms with van der Waals surface area (Å²) in [5.41, 5.74) is 2.52. The van der Waals surface area contributed by atoms with Crippen molar-refractivity contribution in [3.63, 3.8) is 0 Å². The smallest absolute Gasteiger partial charge is 0.195 e. The van der Waals surface area contributed by atoms with Crippen LogP contribution in [0.25, 0.3) is 5.65 Å². The SMILES string of the molecule is Cc1ccn2cc(C(=O)C(C)I)nc2c1. The zero-order valence-electron chi connectivity index (χ0n) is 8.57. The van der Waals surface area contributed by atoms with E-state index in [0.29, 0.717) is 5.69 Å². The van der Waals surface area contributed by atoms with Crippen molar-refractivity contribution < 1.29 is 4.79 Å². The van der Waals surface area contributed by atoms with Crippen LogP contribution in [0.2, 0.25) is 0 Å². The second-order valence-corrected chi connectivity index (χ2v) is 5.44. The van der Waals surface area contributed by atoms with Crippen molar-refractivity contribution in [1.29, 1.82) is 0 Å². The van der Waals surface area contributed by atoms with Gasteiger partial charge >= 0.3 is 0 Å². The molecule has 2 aromatic heterocycles. The molecule has 0 aromatic carbocycles. The number of alkyl halides is 1. The standard InChI is InChI=1S/C11H11IN2O/c1-7-3-4-14-6-9(11(15)8(2)12)13-10(14)5-7/h3-6,8H,1-2H3. The van der Waals surface area contributed by atoms with E-state index in [1.165, 1.54) is 0 Å². The Kier molecular flexibility index (Phi) is 2.77. The first-order chi connectivity index (χ1) is 7.08. The molecule has 2 aromatic rings. The molecule has 0 aliphatic carbocycles. The second-order valence-electron chi connectivity index (χ2n) is 3.58. The molecule has 2 rings (SSSR count). The lowest BCUT2D eigenvalue weighted by molar-refractivity contribution is 0.0994. The minimum Gasteiger partial charge on any atom is -0.306 e. The lowest BCUT2D eigenvalue weighted by Crippen LogP contribution is -2.09. The van der Waals surface area contributed by atoms with Crippen LogP contribution >= 0.6 is 22.6 Å². The number of imidazole rings is 1. The van der Waals surface area contributed by atoms with E-state index in [-0.39, 0.29) is 9.71 Å². The number of nitrogens with zero attached hydrogens (tertiary/aromatic N) is 2. The molecule has 78 valence electrons. The number of fused-ring (bicyclic) bond motifs is 1. The van der Waals surface area contributed by atoms with E-state index in [9.17, 15) is 4.79 Å². The third-order valence-corrected chi connectivity index (χ3v) is 2.80. The number of aryl methyl sites for hydroxylation is 1. The molecule has 0 aliphatic heterocycles. The van der Waals surface area contributed by atoms with E-state index in [0.717, 1.165) is 11.2 Å². The minimum atomic E-state index is -0.0337. The minimum absolute atomic E-state index is 0.0337. The molecule has 1 atom stereocenters. The molecule has 0 aliphatic rings. The van der Waals surface area contributed by atoms with Gasteiger partial charge in [0.2, 0.25) is 0 Å². The molecule has 0 radical (unpaired) electrons. The fourth-order valence-corrected chi connectivity index (χ4v) is 1.73. The maximum Gasteiger partial charge on any atom is 0.195 e. The molecule has 0 N–H and O–H groups in total. The zero-order chi connectivity index (χ0) is 11.0. The van der Waals surface area contributed by atoms with Crippen molar-refractivity contribution in [1.82, 2.24) is 9.38 Å². The summed E-state index contributed by atoms with van der Waals surface area (Å²) in [4.78, 5) is 16.0. The van der Waals surface area contributed by atoms with Gasteiger partial charge in [0.1, 0.15) is 11.3 Å². The first kappa shape index (κ1) is 10.6. The predicted octanol–water partition coefficient (Wildman–Crippen LogP) is 2.65. The van der Waals surface area contributed by atoms with Gasteiger partial charge in [0.25, 0.3) is 0 Å². The third-order valence-electron chi connectivity index (χ3n) is 2.23. The Morgan fingerprint density at radius 2 is 2.33 bits per heavy atom. The second kappa shape index (κ2) is 3.92. The highest BCUT2D eigenvalue weighted by Gasteiger charge is 2.15. The molecule has 0 fully saturated rings. The largest absolute Gasteiger partial charge is 0.306 e. The van der Waals surface area contributed by atoms with Gasteiger partial charge in [-0.05, 0) is 31.5 Å². The fourth-order valence-electron chi connectivity index (χ4n) is 1.41. The Balaban J connectivity index is 2.52. The average Bonchev–Trinajstić information content (AvgIpc) is 2.58. The van der Waals surface area contributed by atoms with Gasteiger partial charge in [-0.15, -0.1) is 0 Å². The Morgan fingerprint density at radius 1 is 1.60 bits per heavy atom. The normalized spacial score (nSPS) is 13.0. The van der Waals surface area contributed by atoms with Crippen LogP contribution in [0.15, 0.2) is 24.5 Å². The maximum atomic E-state index is 11.7. The molecular weight excluding hydrogens is 303 g/mol. The highest BCUT2D eigenvalue weighted by atomic mass is 127. The van der Waals surface area contributed by atoms with Crippen LogP contribution in [-0.2, 0) is 0 Å². The van der Waals surface area contributed by atoms with E-state index >= 15 is 0 Å². The van der Waals surface area contributed by atoms with Crippen molar-refractivity contribution in [2.24, 2.45) is 0 Å². The molecule has 3 nitrogen and oxygen atoms in total. The Morgan fingerprint density at radius 3 is 3.00 bits per heavy atom. The molecule has 2 heterocycles. The van der Waals surface area contributed by atoms with Crippen LogP contribution in [0.1, 0.15) is 23.0 Å². The fraction of sp³-hybridized carbons (Fsp3) is 0.273. The van der Waals surface area contributed by atoms with Gasteiger partial charge in [-0.1, -0.05) is 22.6 Å². The highest BCUT2D eigenvalue weighted by Crippen LogP contribution is 2.12. The van der Waals surface area contributed by atoms with Crippen LogP contribution in [0.5, 0.6) is 0 Å². The van der Waals surface area contributed by atoms with Gasteiger partial charge in [-0.2, -0.15) is 0 Å². The maximum absolute atomic E-state index is 11.7. The van der Waals surface area contributed by atoms with Crippen molar-refractivity contribution >= 4 is 34.0 Å². The van der Waals surface area contributed by atoms with Gasteiger partial charge in [0.15, 0.2) is 5.78 Å². The summed E-state index contributed by atoms with van der Waals surface area (Å²) in [5.74, 6) is 0.0805. The van der Waals surface area contributed by atoms with E-state index in [1.54, 1.807) is 6.20 Å². The summed E-state index contributed by atoms with van der Waals surface area (Å²) >= 11 is 2.10. The van der Waals surface area contributed by atoms with Gasteiger partial charge in [-0.25, -0.2) is 4.98 Å². The first-order valence-electron chi connectivity index (χ1n) is 4.71. The molecule has 0 spiro atoms. The topological polar surface area (TPSA) is 34.4 Å². The van der Waals surface area contributed by atoms with Crippen molar-refractivity contribution in [3.05, 3.63) is 35.8 Å². The van der Waals surface area contributed by atoms with Gasteiger partial charge in [-0.3, -0.25) is 4.79 Å². The summed E-state index contributed by atoms with van der Waals surface area (Å²) in [6.07, 6.45) is 3.71. The van der Waals surface area contributed by atoms with E-state index in [1.807, 2.05) is 36.6 Å². The zero-order valence-corrected chi connectivity index (χ0v) is 10.7. The number of hydrogen-bond acceptors (Lipinski definition) is 2. The number of rotatable bonds is 2. The number of Topliss-reactive ketones (excluding diaryl/α,β-unsaturated/α-hetero) is 1. The van der Waals surface area contributed by atoms with Crippen LogP contribution < -0.4 is 0 Å². The van der Waals surface area contributed by atoms with E-state index in [2.05, 4.69) is 27.6 Å². The Labute approximate surface area is 102 Å². The van der Waals surface area contributed by atoms with Crippen LogP contribution in [0.4, 0.5) is 0 Å². The molecule has 0 saturated carbocycles. The average molecular weight is 314 g/mol. The molecular formula is C11H11IN2O. The lowest BCUT2D eigenvalue weighted by Gasteiger charge is -1.95. The lowest BCUT2D eigenvalue weighted by atomic mass is 10.2. The third kappa shape index (κ3) is 2.04. The summed E-state index contributed by atoms with van der Waals surface area (Å²) < 4.78 is 1.84. The van der Waals surface area contributed by atoms with E-state index < -0.39 is 0 Å². The number of halogens is 1. The van der Waals surface area contributed by atoms with Gasteiger partial charge in [0, 0.05) is 12.4 Å². The van der Waals surface area contributed by atoms with Crippen LogP contribution in [-0.4, -0.2) is 19.1 Å². The summed E-state index contributed by atoms with van der Waals surface area (Å²) in [6.45, 7) is 3.88. The number of pyridine rings is 1. The Hall–Kier alpha value is -0.910. The van der Waals surface area contributed by atoms with Crippen LogP contribution in [0.3, 0.4) is 0 Å². The predicted molar refractivity (Wildman–Crippen MR) is 67.7 cm³/mol. The molecule has 0 amide bonds. The summed E-state index contributed by atoms with van der Waals surface area (Å²) in [6, 6.07) is 3.96. The van der Waals surface area contributed by atoms with Crippen LogP contribution in [0, 0.1) is 6.92 Å². The highest BCUT2D eigenvalue weighted by molar-refractivity contribution is 14.1. The van der Waals surface area contributed by atoms with Crippen molar-refractivity contribution in [2.75, 3.05) is 0 Å². The number of carbonyl (C=O) groups excluding carboxylic acids is 1. The Bertz CT molecular complexity index is 516. The number of carbonyl (C=O) groups is 1. The van der Waals surface area contributed by atoms with Crippen molar-refractivity contribution in [3.8, 4) is 0 Å². The monoisotopic (exact) mass is 314 g/mol. The molecule has 0 bridgehead atoms. The summed E-state index contributed by atoms with van der Waals surface area (Å²) in [5, 5.41) is 0. The molecule has 4 heteroatoms. The molecule has 0 saturated heterocycles. The molecule has 1 unspecified atom stereocenters. The van der Waals surface area contributed by atoms with Gasteiger partial charge in [0.05, 0.1) is 3.92 Å². The number of aromatic nitrogens is 2. The van der Waals surface area contributed by atoms with Gasteiger partial charge < -0.3 is 4.40 Å². The first-order valence-corrected chi connectivity index (χ1v) is 5.96. The number of ketones is 1. The van der Waals surface area contributed by atoms with E-state index in [4.69, 9.17) is 0 Å². The quantitative estimate of drug-likeness (QED) is 0.485. The van der Waals surface area contributed by atoms with Crippen molar-refractivity contribution in [2.45, 2.75) is 17.8 Å². The molecule has 15 heavy (non-hydrogen) atoms. The number of hydrogen-bond donors (Lipinski definition) is 0. The summed E-state index contributed by atoms with van der Waals surface area (Å²) in [7, 11) is 0.